The summed E-state index contributed by atoms with van der Waals surface area (Å²) in [5.74, 6) is -0.0865. The third kappa shape index (κ3) is 5.41. The molecular weight excluding hydrogens is 336 g/mol. The molecule has 0 saturated carbocycles. The van der Waals surface area contributed by atoms with Crippen LogP contribution in [0.4, 0.5) is 0 Å². The lowest BCUT2D eigenvalue weighted by atomic mass is 10.1. The van der Waals surface area contributed by atoms with E-state index in [1.165, 1.54) is 6.92 Å². The molecule has 2 rings (SSSR count). The minimum absolute atomic E-state index is 0.0865. The number of benzene rings is 2. The molecule has 0 unspecified atom stereocenters. The van der Waals surface area contributed by atoms with Gasteiger partial charge in [0.1, 0.15) is 0 Å². The average molecular weight is 360 g/mol. The van der Waals surface area contributed by atoms with Gasteiger partial charge in [-0.1, -0.05) is 48.0 Å². The van der Waals surface area contributed by atoms with Gasteiger partial charge < -0.3 is 4.90 Å². The highest BCUT2D eigenvalue weighted by Crippen LogP contribution is 2.13. The van der Waals surface area contributed by atoms with E-state index in [0.717, 1.165) is 11.1 Å². The number of nitrogens with one attached hydrogen (secondary N) is 1. The summed E-state index contributed by atoms with van der Waals surface area (Å²) < 4.78 is 27.4. The fourth-order valence-corrected chi connectivity index (χ4v) is 3.89. The summed E-state index contributed by atoms with van der Waals surface area (Å²) in [5, 5.41) is 0. The lowest BCUT2D eigenvalue weighted by molar-refractivity contribution is -0.129. The number of carbonyl (C=O) groups is 1. The Balaban J connectivity index is 2.00. The van der Waals surface area contributed by atoms with Gasteiger partial charge in [-0.05, 0) is 31.0 Å². The standard InChI is InChI=1S/C19H24N2O3S/c1-15-7-6-9-18(13-15)14-21(17(3)22)12-11-20-25(23,24)19-10-5-4-8-16(19)2/h4-10,13,20H,11-12,14H2,1-3H3. The second-order valence-corrected chi connectivity index (χ2v) is 7.83. The Labute approximate surface area is 149 Å². The van der Waals surface area contributed by atoms with Crippen molar-refractivity contribution >= 4 is 15.9 Å². The largest absolute Gasteiger partial charge is 0.337 e. The lowest BCUT2D eigenvalue weighted by Gasteiger charge is -2.21. The number of hydrogen-bond acceptors (Lipinski definition) is 3. The van der Waals surface area contributed by atoms with Crippen LogP contribution in [0.25, 0.3) is 0 Å². The smallest absolute Gasteiger partial charge is 0.240 e. The van der Waals surface area contributed by atoms with Crippen molar-refractivity contribution in [1.29, 1.82) is 0 Å². The van der Waals surface area contributed by atoms with E-state index in [2.05, 4.69) is 4.72 Å². The molecule has 0 aliphatic heterocycles. The maximum absolute atomic E-state index is 12.4. The molecule has 5 nitrogen and oxygen atoms in total. The molecule has 0 heterocycles. The summed E-state index contributed by atoms with van der Waals surface area (Å²) in [6, 6.07) is 14.8. The second kappa shape index (κ2) is 8.27. The number of aryl methyl sites for hydroxylation is 2. The first-order valence-electron chi connectivity index (χ1n) is 8.16. The summed E-state index contributed by atoms with van der Waals surface area (Å²) in [6.07, 6.45) is 0. The SMILES string of the molecule is CC(=O)N(CCNS(=O)(=O)c1ccccc1C)Cc1cccc(C)c1. The van der Waals surface area contributed by atoms with Crippen LogP contribution in [0, 0.1) is 13.8 Å². The molecule has 0 aliphatic rings. The van der Waals surface area contributed by atoms with Gasteiger partial charge in [0.2, 0.25) is 15.9 Å². The van der Waals surface area contributed by atoms with Gasteiger partial charge in [0.25, 0.3) is 0 Å². The zero-order valence-corrected chi connectivity index (χ0v) is 15.6. The molecule has 0 spiro atoms. The van der Waals surface area contributed by atoms with Crippen LogP contribution in [0.2, 0.25) is 0 Å². The number of sulfonamides is 1. The van der Waals surface area contributed by atoms with Gasteiger partial charge in [0, 0.05) is 26.6 Å². The maximum atomic E-state index is 12.4. The normalized spacial score (nSPS) is 11.3. The highest BCUT2D eigenvalue weighted by atomic mass is 32.2. The molecule has 0 aromatic heterocycles. The number of nitrogens with zero attached hydrogens (tertiary/aromatic N) is 1. The van der Waals surface area contributed by atoms with E-state index in [4.69, 9.17) is 0 Å². The van der Waals surface area contributed by atoms with Crippen molar-refractivity contribution in [2.75, 3.05) is 13.1 Å². The molecule has 2 aromatic carbocycles. The fraction of sp³-hybridized carbons (Fsp3) is 0.316. The first-order valence-corrected chi connectivity index (χ1v) is 9.64. The van der Waals surface area contributed by atoms with E-state index in [1.54, 1.807) is 36.1 Å². The number of rotatable bonds is 7. The van der Waals surface area contributed by atoms with E-state index in [9.17, 15) is 13.2 Å². The van der Waals surface area contributed by atoms with Crippen LogP contribution >= 0.6 is 0 Å². The Morgan fingerprint density at radius 1 is 1.08 bits per heavy atom. The third-order valence-corrected chi connectivity index (χ3v) is 5.58. The van der Waals surface area contributed by atoms with E-state index in [0.29, 0.717) is 18.7 Å². The molecule has 0 atom stereocenters. The summed E-state index contributed by atoms with van der Waals surface area (Å²) >= 11 is 0. The minimum Gasteiger partial charge on any atom is -0.337 e. The van der Waals surface area contributed by atoms with Gasteiger partial charge in [-0.25, -0.2) is 13.1 Å². The molecular formula is C19H24N2O3S. The Bertz CT molecular complexity index is 847. The van der Waals surface area contributed by atoms with Crippen LogP contribution in [-0.2, 0) is 21.4 Å². The Kier molecular flexibility index (Phi) is 6.33. The number of carbonyl (C=O) groups excluding carboxylic acids is 1. The Morgan fingerprint density at radius 2 is 1.80 bits per heavy atom. The van der Waals surface area contributed by atoms with Crippen molar-refractivity contribution in [2.24, 2.45) is 0 Å². The van der Waals surface area contributed by atoms with Gasteiger partial charge in [-0.2, -0.15) is 0 Å². The quantitative estimate of drug-likeness (QED) is 0.825. The minimum atomic E-state index is -3.58. The van der Waals surface area contributed by atoms with Crippen LogP contribution in [0.1, 0.15) is 23.6 Å². The van der Waals surface area contributed by atoms with Crippen molar-refractivity contribution in [3.8, 4) is 0 Å². The van der Waals surface area contributed by atoms with Crippen molar-refractivity contribution < 1.29 is 13.2 Å². The molecule has 6 heteroatoms. The van der Waals surface area contributed by atoms with Gasteiger partial charge >= 0.3 is 0 Å². The summed E-state index contributed by atoms with van der Waals surface area (Å²) in [6.45, 7) is 6.19. The van der Waals surface area contributed by atoms with Crippen LogP contribution in [0.5, 0.6) is 0 Å². The van der Waals surface area contributed by atoms with Crippen molar-refractivity contribution in [3.05, 3.63) is 65.2 Å². The van der Waals surface area contributed by atoms with Gasteiger partial charge in [-0.15, -0.1) is 0 Å². The average Bonchev–Trinajstić information content (AvgIpc) is 2.54. The first kappa shape index (κ1) is 19.1. The van der Waals surface area contributed by atoms with Gasteiger partial charge in [0.15, 0.2) is 0 Å². The van der Waals surface area contributed by atoms with E-state index in [-0.39, 0.29) is 17.3 Å². The summed E-state index contributed by atoms with van der Waals surface area (Å²) in [7, 11) is -3.58. The van der Waals surface area contributed by atoms with Gasteiger partial charge in [0.05, 0.1) is 4.90 Å². The number of amides is 1. The Hall–Kier alpha value is -2.18. The first-order chi connectivity index (χ1) is 11.8. The zero-order valence-electron chi connectivity index (χ0n) is 14.8. The van der Waals surface area contributed by atoms with Crippen LogP contribution in [0.3, 0.4) is 0 Å². The summed E-state index contributed by atoms with van der Waals surface area (Å²) in [4.78, 5) is 13.8. The second-order valence-electron chi connectivity index (χ2n) is 6.09. The van der Waals surface area contributed by atoms with Gasteiger partial charge in [-0.3, -0.25) is 4.79 Å². The molecule has 0 bridgehead atoms. The molecule has 0 radical (unpaired) electrons. The maximum Gasteiger partial charge on any atom is 0.240 e. The highest BCUT2D eigenvalue weighted by Gasteiger charge is 2.17. The molecule has 134 valence electrons. The molecule has 1 amide bonds. The molecule has 1 N–H and O–H groups in total. The van der Waals surface area contributed by atoms with Crippen LogP contribution in [-0.4, -0.2) is 32.3 Å². The van der Waals surface area contributed by atoms with Crippen molar-refractivity contribution in [2.45, 2.75) is 32.2 Å². The molecule has 0 saturated heterocycles. The fourth-order valence-electron chi connectivity index (χ4n) is 2.63. The van der Waals surface area contributed by atoms with E-state index < -0.39 is 10.0 Å². The van der Waals surface area contributed by atoms with E-state index in [1.807, 2.05) is 31.2 Å². The van der Waals surface area contributed by atoms with E-state index >= 15 is 0 Å². The lowest BCUT2D eigenvalue weighted by Crippen LogP contribution is -2.37. The van der Waals surface area contributed by atoms with Crippen LogP contribution < -0.4 is 4.72 Å². The predicted molar refractivity (Wildman–Crippen MR) is 98.6 cm³/mol. The monoisotopic (exact) mass is 360 g/mol. The molecule has 0 aliphatic carbocycles. The third-order valence-electron chi connectivity index (χ3n) is 3.96. The van der Waals surface area contributed by atoms with Crippen molar-refractivity contribution in [1.82, 2.24) is 9.62 Å². The highest BCUT2D eigenvalue weighted by molar-refractivity contribution is 7.89. The molecule has 2 aromatic rings. The topological polar surface area (TPSA) is 66.5 Å². The molecule has 0 fully saturated rings. The predicted octanol–water partition coefficient (Wildman–Crippen LogP) is 2.63. The zero-order chi connectivity index (χ0) is 18.4. The summed E-state index contributed by atoms with van der Waals surface area (Å²) in [5.41, 5.74) is 2.84. The van der Waals surface area contributed by atoms with Crippen LogP contribution in [0.15, 0.2) is 53.4 Å². The molecule has 25 heavy (non-hydrogen) atoms. The van der Waals surface area contributed by atoms with Crippen molar-refractivity contribution in [3.63, 3.8) is 0 Å². The number of hydrogen-bond donors (Lipinski definition) is 1. The Morgan fingerprint density at radius 3 is 2.44 bits per heavy atom.